The Kier molecular flexibility index (Phi) is 9.49. The van der Waals surface area contributed by atoms with Gasteiger partial charge in [-0.1, -0.05) is 36.4 Å². The summed E-state index contributed by atoms with van der Waals surface area (Å²) in [4.78, 5) is 23.9. The molecule has 0 atom stereocenters. The minimum absolute atomic E-state index is 0. The first-order valence-electron chi connectivity index (χ1n) is 13.2. The van der Waals surface area contributed by atoms with Gasteiger partial charge in [0, 0.05) is 49.9 Å². The third-order valence-corrected chi connectivity index (χ3v) is 7.69. The van der Waals surface area contributed by atoms with Gasteiger partial charge in [-0.05, 0) is 24.5 Å². The van der Waals surface area contributed by atoms with Crippen molar-refractivity contribution in [2.45, 2.75) is 38.1 Å². The van der Waals surface area contributed by atoms with Crippen molar-refractivity contribution in [3.63, 3.8) is 0 Å². The molecule has 0 spiro atoms. The van der Waals surface area contributed by atoms with Gasteiger partial charge >= 0.3 is 0 Å². The van der Waals surface area contributed by atoms with Gasteiger partial charge in [-0.25, -0.2) is 14.4 Å². The van der Waals surface area contributed by atoms with Gasteiger partial charge in [0.25, 0.3) is 5.56 Å². The number of rotatable bonds is 7. The quantitative estimate of drug-likeness (QED) is 0.282. The van der Waals surface area contributed by atoms with Crippen LogP contribution < -0.4 is 11.3 Å². The number of aliphatic hydroxyl groups is 1. The molecule has 3 N–H and O–H groups in total. The Labute approximate surface area is 253 Å². The predicted molar refractivity (Wildman–Crippen MR) is 162 cm³/mol. The predicted octanol–water partition coefficient (Wildman–Crippen LogP) is 3.92. The molecule has 0 aliphatic carbocycles. The molecule has 222 valence electrons. The SMILES string of the molecule is Cl.Cl.Cn1nc2c(=O)n(CC3(O)CCN(Cc4ccc(-c5cnco5)cc4F)CC3)cnc2c1-c1ccc(CN)cc1. The van der Waals surface area contributed by atoms with E-state index in [1.165, 1.54) is 23.4 Å². The fourth-order valence-electron chi connectivity index (χ4n) is 5.36. The number of benzene rings is 2. The topological polar surface area (TPSA) is 128 Å². The van der Waals surface area contributed by atoms with E-state index in [0.717, 1.165) is 16.8 Å². The van der Waals surface area contributed by atoms with Crippen LogP contribution in [0.3, 0.4) is 0 Å². The number of nitrogens with two attached hydrogens (primary N) is 1. The van der Waals surface area contributed by atoms with E-state index >= 15 is 0 Å². The van der Waals surface area contributed by atoms with Crippen molar-refractivity contribution in [1.29, 1.82) is 0 Å². The van der Waals surface area contributed by atoms with E-state index in [-0.39, 0.29) is 48.3 Å². The van der Waals surface area contributed by atoms with E-state index in [9.17, 15) is 14.3 Å². The third-order valence-electron chi connectivity index (χ3n) is 7.69. The van der Waals surface area contributed by atoms with Crippen molar-refractivity contribution in [1.82, 2.24) is 29.2 Å². The second-order valence-electron chi connectivity index (χ2n) is 10.4. The number of piperidine rings is 1. The number of aryl methyl sites for hydroxylation is 1. The second kappa shape index (κ2) is 12.7. The van der Waals surface area contributed by atoms with Gasteiger partial charge in [-0.2, -0.15) is 5.10 Å². The van der Waals surface area contributed by atoms with Crippen molar-refractivity contribution >= 4 is 35.8 Å². The molecular weight excluding hydrogens is 584 g/mol. The number of aromatic nitrogens is 5. The monoisotopic (exact) mass is 615 g/mol. The Hall–Kier alpha value is -3.61. The summed E-state index contributed by atoms with van der Waals surface area (Å²) >= 11 is 0. The third kappa shape index (κ3) is 6.11. The zero-order chi connectivity index (χ0) is 27.9. The molecule has 5 aromatic rings. The maximum Gasteiger partial charge on any atom is 0.281 e. The standard InChI is InChI=1S/C29H30FN7O3.2ClH/c1-35-27(20-4-2-19(13-31)3-5-20)25-26(34-35)28(38)37(17-33-25)16-29(39)8-10-36(11-9-29)15-22-7-6-21(12-23(22)30)24-14-32-18-40-24;;/h2-7,12,14,17-18,39H,8-11,13,15-16,31H2,1H3;2*1H. The molecule has 4 heterocycles. The molecule has 13 heteroatoms. The normalized spacial score (nSPS) is 14.9. The second-order valence-corrected chi connectivity index (χ2v) is 10.4. The number of oxazole rings is 1. The summed E-state index contributed by atoms with van der Waals surface area (Å²) in [6.45, 7) is 2.12. The largest absolute Gasteiger partial charge is 0.444 e. The number of hydrogen-bond donors (Lipinski definition) is 2. The van der Waals surface area contributed by atoms with Crippen LogP contribution in [0.5, 0.6) is 0 Å². The Morgan fingerprint density at radius 3 is 2.43 bits per heavy atom. The summed E-state index contributed by atoms with van der Waals surface area (Å²) in [5.41, 5.74) is 8.96. The highest BCUT2D eigenvalue weighted by molar-refractivity contribution is 5.89. The van der Waals surface area contributed by atoms with E-state index in [2.05, 4.69) is 20.0 Å². The maximum absolute atomic E-state index is 14.8. The molecule has 0 unspecified atom stereocenters. The summed E-state index contributed by atoms with van der Waals surface area (Å²) in [5, 5.41) is 15.8. The molecule has 0 radical (unpaired) electrons. The van der Waals surface area contributed by atoms with Crippen molar-refractivity contribution in [2.75, 3.05) is 13.1 Å². The lowest BCUT2D eigenvalue weighted by Crippen LogP contribution is -2.47. The average Bonchev–Trinajstić information content (AvgIpc) is 3.61. The number of likely N-dealkylation sites (tertiary alicyclic amines) is 1. The lowest BCUT2D eigenvalue weighted by molar-refractivity contribution is -0.0366. The molecule has 1 saturated heterocycles. The van der Waals surface area contributed by atoms with Gasteiger partial charge < -0.3 is 15.3 Å². The molecule has 1 fully saturated rings. The van der Waals surface area contributed by atoms with E-state index in [4.69, 9.17) is 10.2 Å². The van der Waals surface area contributed by atoms with Gasteiger partial charge in [0.15, 0.2) is 17.7 Å². The van der Waals surface area contributed by atoms with Crippen LogP contribution in [0.25, 0.3) is 33.6 Å². The van der Waals surface area contributed by atoms with Gasteiger partial charge in [-0.15, -0.1) is 24.8 Å². The van der Waals surface area contributed by atoms with E-state index in [1.54, 1.807) is 24.0 Å². The Morgan fingerprint density at radius 2 is 1.79 bits per heavy atom. The van der Waals surface area contributed by atoms with Gasteiger partial charge in [0.05, 0.1) is 30.4 Å². The van der Waals surface area contributed by atoms with Crippen LogP contribution in [-0.4, -0.2) is 53.0 Å². The van der Waals surface area contributed by atoms with Crippen molar-refractivity contribution in [3.05, 3.63) is 88.7 Å². The maximum atomic E-state index is 14.8. The minimum Gasteiger partial charge on any atom is -0.444 e. The smallest absolute Gasteiger partial charge is 0.281 e. The molecule has 1 aliphatic rings. The van der Waals surface area contributed by atoms with Gasteiger partial charge in [-0.3, -0.25) is 18.9 Å². The number of halogens is 3. The molecular formula is C29H32Cl2FN7O3. The molecule has 42 heavy (non-hydrogen) atoms. The molecule has 2 aromatic carbocycles. The fourth-order valence-corrected chi connectivity index (χ4v) is 5.36. The Bertz CT molecular complexity index is 1710. The zero-order valence-corrected chi connectivity index (χ0v) is 24.6. The lowest BCUT2D eigenvalue weighted by Gasteiger charge is -2.38. The molecule has 0 amide bonds. The number of hydrogen-bond acceptors (Lipinski definition) is 8. The fraction of sp³-hybridized carbons (Fsp3) is 0.310. The van der Waals surface area contributed by atoms with E-state index in [0.29, 0.717) is 61.4 Å². The summed E-state index contributed by atoms with van der Waals surface area (Å²) < 4.78 is 23.1. The zero-order valence-electron chi connectivity index (χ0n) is 22.9. The molecule has 1 aliphatic heterocycles. The van der Waals surface area contributed by atoms with Crippen molar-refractivity contribution in [3.8, 4) is 22.6 Å². The van der Waals surface area contributed by atoms with E-state index < -0.39 is 5.60 Å². The number of fused-ring (bicyclic) bond motifs is 1. The van der Waals surface area contributed by atoms with Crippen LogP contribution in [0.4, 0.5) is 4.39 Å². The Balaban J connectivity index is 0.00000202. The number of nitrogens with zero attached hydrogens (tertiary/aromatic N) is 6. The highest BCUT2D eigenvalue weighted by Crippen LogP contribution is 2.28. The molecule has 0 saturated carbocycles. The van der Waals surface area contributed by atoms with Crippen LogP contribution in [-0.2, 0) is 26.7 Å². The average molecular weight is 617 g/mol. The first-order chi connectivity index (χ1) is 19.3. The summed E-state index contributed by atoms with van der Waals surface area (Å²) in [7, 11) is 1.78. The lowest BCUT2D eigenvalue weighted by atomic mass is 9.91. The molecule has 0 bridgehead atoms. The first kappa shape index (κ1) is 31.3. The van der Waals surface area contributed by atoms with Gasteiger partial charge in [0.1, 0.15) is 11.3 Å². The Morgan fingerprint density at radius 1 is 1.07 bits per heavy atom. The van der Waals surface area contributed by atoms with Crippen LogP contribution in [0.1, 0.15) is 24.0 Å². The van der Waals surface area contributed by atoms with Crippen molar-refractivity contribution < 1.29 is 13.9 Å². The van der Waals surface area contributed by atoms with E-state index in [1.807, 2.05) is 30.3 Å². The highest BCUT2D eigenvalue weighted by Gasteiger charge is 2.33. The summed E-state index contributed by atoms with van der Waals surface area (Å²) in [6.07, 6.45) is 5.23. The minimum atomic E-state index is -1.08. The van der Waals surface area contributed by atoms with Crippen LogP contribution in [0.2, 0.25) is 0 Å². The van der Waals surface area contributed by atoms with Crippen molar-refractivity contribution in [2.24, 2.45) is 12.8 Å². The first-order valence-corrected chi connectivity index (χ1v) is 13.2. The van der Waals surface area contributed by atoms with Crippen LogP contribution in [0, 0.1) is 5.82 Å². The van der Waals surface area contributed by atoms with Crippen LogP contribution >= 0.6 is 24.8 Å². The molecule has 6 rings (SSSR count). The van der Waals surface area contributed by atoms with Crippen LogP contribution in [0.15, 0.2) is 70.6 Å². The molecule has 3 aromatic heterocycles. The van der Waals surface area contributed by atoms with Gasteiger partial charge in [0.2, 0.25) is 0 Å². The summed E-state index contributed by atoms with van der Waals surface area (Å²) in [5.74, 6) is 0.199. The summed E-state index contributed by atoms with van der Waals surface area (Å²) in [6, 6.07) is 12.8. The molecule has 10 nitrogen and oxygen atoms in total. The highest BCUT2D eigenvalue weighted by atomic mass is 35.5.